The van der Waals surface area contributed by atoms with Gasteiger partial charge in [-0.3, -0.25) is 33.9 Å². The molecule has 224 valence electrons. The standard InChI is InChI=1S/C29H20Cl2N4O7S2/c1-42-18-9-2-14(3-10-18)22-23-24(27(38)34(26(23)37)16-5-7-17(8-6-16)35(40)41)43-28-25(22)44-29(39)33(28)13-21(36)32-15-4-11-19(30)20(31)12-15/h2-12,22-24H,13H2,1H3,(H,32,36). The molecule has 1 N–H and O–H groups in total. The van der Waals surface area contributed by atoms with Crippen LogP contribution in [0.4, 0.5) is 17.1 Å². The maximum atomic E-state index is 14.0. The average molecular weight is 672 g/mol. The number of methoxy groups -OCH3 is 1. The first-order chi connectivity index (χ1) is 21.1. The van der Waals surface area contributed by atoms with Gasteiger partial charge in [-0.1, -0.05) is 58.4 Å². The van der Waals surface area contributed by atoms with Gasteiger partial charge in [-0.05, 0) is 48.0 Å². The number of nitrogens with one attached hydrogen (secondary N) is 1. The molecule has 2 aliphatic rings. The molecule has 0 saturated carbocycles. The minimum absolute atomic E-state index is 0.180. The number of rotatable bonds is 7. The molecule has 3 heterocycles. The lowest BCUT2D eigenvalue weighted by atomic mass is 9.83. The molecule has 3 unspecified atom stereocenters. The van der Waals surface area contributed by atoms with Crippen molar-refractivity contribution in [1.29, 1.82) is 0 Å². The highest BCUT2D eigenvalue weighted by Crippen LogP contribution is 2.54. The summed E-state index contributed by atoms with van der Waals surface area (Å²) < 4.78 is 6.59. The molecular formula is C29H20Cl2N4O7S2. The van der Waals surface area contributed by atoms with Crippen LogP contribution in [0.25, 0.3) is 0 Å². The highest BCUT2D eigenvalue weighted by Gasteiger charge is 2.56. The molecule has 15 heteroatoms. The van der Waals surface area contributed by atoms with E-state index in [2.05, 4.69) is 5.32 Å². The zero-order valence-electron chi connectivity index (χ0n) is 22.6. The number of thiazole rings is 1. The number of nitro groups is 1. The van der Waals surface area contributed by atoms with Gasteiger partial charge < -0.3 is 10.1 Å². The van der Waals surface area contributed by atoms with Crippen molar-refractivity contribution in [3.8, 4) is 5.75 Å². The molecule has 0 spiro atoms. The van der Waals surface area contributed by atoms with Crippen molar-refractivity contribution in [3.05, 3.63) is 107 Å². The van der Waals surface area contributed by atoms with Crippen molar-refractivity contribution in [2.75, 3.05) is 17.3 Å². The Kier molecular flexibility index (Phi) is 7.97. The van der Waals surface area contributed by atoms with Crippen LogP contribution < -0.4 is 19.8 Å². The second-order valence-electron chi connectivity index (χ2n) is 9.90. The van der Waals surface area contributed by atoms with Crippen molar-refractivity contribution in [1.82, 2.24) is 4.57 Å². The smallest absolute Gasteiger partial charge is 0.308 e. The Balaban J connectivity index is 1.39. The Morgan fingerprint density at radius 1 is 1.00 bits per heavy atom. The lowest BCUT2D eigenvalue weighted by Gasteiger charge is -2.30. The lowest BCUT2D eigenvalue weighted by molar-refractivity contribution is -0.384. The molecule has 2 aliphatic heterocycles. The second kappa shape index (κ2) is 11.7. The minimum atomic E-state index is -0.921. The quantitative estimate of drug-likeness (QED) is 0.153. The number of carbonyl (C=O) groups excluding carboxylic acids is 3. The minimum Gasteiger partial charge on any atom is -0.497 e. The summed E-state index contributed by atoms with van der Waals surface area (Å²) in [5, 5.41) is 13.9. The first-order valence-corrected chi connectivity index (χ1v) is 15.4. The SMILES string of the molecule is COc1ccc(C2c3sc(=O)n(CC(=O)Nc4ccc(Cl)c(Cl)c4)c3SC3C(=O)N(c4ccc([N+](=O)[O-])cc4)C(=O)C32)cc1. The fourth-order valence-electron chi connectivity index (χ4n) is 5.32. The first kappa shape index (κ1) is 29.9. The van der Waals surface area contributed by atoms with E-state index in [1.54, 1.807) is 30.3 Å². The van der Waals surface area contributed by atoms with Crippen molar-refractivity contribution in [3.63, 3.8) is 0 Å². The van der Waals surface area contributed by atoms with Gasteiger partial charge in [0.05, 0.1) is 38.7 Å². The molecule has 3 aromatic carbocycles. The van der Waals surface area contributed by atoms with Gasteiger partial charge in [-0.25, -0.2) is 4.90 Å². The number of imide groups is 1. The summed E-state index contributed by atoms with van der Waals surface area (Å²) in [6.45, 7) is -0.348. The summed E-state index contributed by atoms with van der Waals surface area (Å²) in [7, 11) is 1.52. The van der Waals surface area contributed by atoms with E-state index in [0.29, 0.717) is 31.9 Å². The van der Waals surface area contributed by atoms with Gasteiger partial charge in [-0.2, -0.15) is 0 Å². The summed E-state index contributed by atoms with van der Waals surface area (Å²) in [5.74, 6) is -2.48. The van der Waals surface area contributed by atoms with Crippen molar-refractivity contribution in [2.24, 2.45) is 5.92 Å². The summed E-state index contributed by atoms with van der Waals surface area (Å²) in [5.41, 5.74) is 1.10. The van der Waals surface area contributed by atoms with Crippen LogP contribution in [0, 0.1) is 16.0 Å². The van der Waals surface area contributed by atoms with Crippen LogP contribution in [0.3, 0.4) is 0 Å². The zero-order valence-corrected chi connectivity index (χ0v) is 25.7. The van der Waals surface area contributed by atoms with Crippen LogP contribution in [-0.2, 0) is 20.9 Å². The zero-order chi connectivity index (χ0) is 31.3. The number of hydrogen-bond donors (Lipinski definition) is 1. The van der Waals surface area contributed by atoms with Gasteiger partial charge in [0.25, 0.3) is 5.69 Å². The number of amides is 3. The maximum absolute atomic E-state index is 14.0. The van der Waals surface area contributed by atoms with Crippen LogP contribution in [0.2, 0.25) is 10.0 Å². The monoisotopic (exact) mass is 670 g/mol. The third-order valence-corrected chi connectivity index (χ3v) is 10.7. The van der Waals surface area contributed by atoms with E-state index in [9.17, 15) is 29.3 Å². The van der Waals surface area contributed by atoms with Crippen molar-refractivity contribution in [2.45, 2.75) is 22.7 Å². The molecule has 3 atom stereocenters. The molecule has 0 radical (unpaired) electrons. The molecular weight excluding hydrogens is 651 g/mol. The van der Waals surface area contributed by atoms with Gasteiger partial charge in [-0.15, -0.1) is 0 Å². The molecule has 1 saturated heterocycles. The van der Waals surface area contributed by atoms with Crippen LogP contribution in [0.5, 0.6) is 5.75 Å². The van der Waals surface area contributed by atoms with E-state index in [0.717, 1.165) is 28.0 Å². The number of hydrogen-bond acceptors (Lipinski definition) is 9. The largest absolute Gasteiger partial charge is 0.497 e. The number of aromatic nitrogens is 1. The number of non-ortho nitro benzene ring substituents is 1. The molecule has 3 amide bonds. The number of anilines is 2. The summed E-state index contributed by atoms with van der Waals surface area (Å²) >= 11 is 14.0. The van der Waals surface area contributed by atoms with Crippen LogP contribution in [0.15, 0.2) is 76.6 Å². The Morgan fingerprint density at radius 3 is 2.34 bits per heavy atom. The van der Waals surface area contributed by atoms with Gasteiger partial charge >= 0.3 is 4.87 Å². The Morgan fingerprint density at radius 2 is 1.70 bits per heavy atom. The van der Waals surface area contributed by atoms with E-state index in [4.69, 9.17) is 27.9 Å². The summed E-state index contributed by atoms with van der Waals surface area (Å²) in [6, 6.07) is 16.8. The molecule has 0 bridgehead atoms. The highest BCUT2D eigenvalue weighted by molar-refractivity contribution is 8.00. The van der Waals surface area contributed by atoms with Crippen molar-refractivity contribution < 1.29 is 24.0 Å². The molecule has 11 nitrogen and oxygen atoms in total. The number of carbonyl (C=O) groups is 3. The third-order valence-electron chi connectivity index (χ3n) is 7.35. The van der Waals surface area contributed by atoms with Crippen molar-refractivity contribution >= 4 is 81.1 Å². The number of benzene rings is 3. The second-order valence-corrected chi connectivity index (χ2v) is 12.8. The molecule has 6 rings (SSSR count). The predicted octanol–water partition coefficient (Wildman–Crippen LogP) is 5.57. The number of fused-ring (bicyclic) bond motifs is 2. The first-order valence-electron chi connectivity index (χ1n) is 13.0. The van der Waals surface area contributed by atoms with Crippen LogP contribution in [-0.4, -0.2) is 39.6 Å². The molecule has 1 aromatic heterocycles. The van der Waals surface area contributed by atoms with Gasteiger partial charge in [0.2, 0.25) is 17.7 Å². The van der Waals surface area contributed by atoms with Gasteiger partial charge in [0.15, 0.2) is 0 Å². The fraction of sp³-hybridized carbons (Fsp3) is 0.172. The van der Waals surface area contributed by atoms with E-state index in [-0.39, 0.29) is 22.9 Å². The summed E-state index contributed by atoms with van der Waals surface area (Å²) in [6.07, 6.45) is 0. The number of nitro benzene ring substituents is 1. The number of halogens is 2. The molecule has 1 fully saturated rings. The number of thioether (sulfide) groups is 1. The summed E-state index contributed by atoms with van der Waals surface area (Å²) in [4.78, 5) is 66.0. The number of ether oxygens (including phenoxy) is 1. The molecule has 44 heavy (non-hydrogen) atoms. The Hall–Kier alpha value is -4.17. The average Bonchev–Trinajstić information content (AvgIpc) is 3.45. The third kappa shape index (κ3) is 5.25. The van der Waals surface area contributed by atoms with Crippen LogP contribution in [0.1, 0.15) is 16.4 Å². The maximum Gasteiger partial charge on any atom is 0.308 e. The highest BCUT2D eigenvalue weighted by atomic mass is 35.5. The molecule has 4 aromatic rings. The Bertz CT molecular complexity index is 1890. The fourth-order valence-corrected chi connectivity index (χ4v) is 8.39. The molecule has 0 aliphatic carbocycles. The number of nitrogens with zero attached hydrogens (tertiary/aromatic N) is 3. The van der Waals surface area contributed by atoms with E-state index >= 15 is 0 Å². The Labute approximate surface area is 267 Å². The topological polar surface area (TPSA) is 141 Å². The van der Waals surface area contributed by atoms with E-state index in [1.165, 1.54) is 48.1 Å². The predicted molar refractivity (Wildman–Crippen MR) is 167 cm³/mol. The lowest BCUT2D eigenvalue weighted by Crippen LogP contribution is -2.33. The van der Waals surface area contributed by atoms with Gasteiger partial charge in [0, 0.05) is 28.6 Å². The van der Waals surface area contributed by atoms with E-state index in [1.807, 2.05) is 0 Å². The normalized spacial score (nSPS) is 19.0. The van der Waals surface area contributed by atoms with Gasteiger partial charge in [0.1, 0.15) is 17.5 Å². The van der Waals surface area contributed by atoms with E-state index < -0.39 is 44.6 Å². The van der Waals surface area contributed by atoms with Crippen LogP contribution >= 0.6 is 46.3 Å².